The lowest BCUT2D eigenvalue weighted by atomic mass is 10.1. The number of alkyl halides is 2. The van der Waals surface area contributed by atoms with Crippen molar-refractivity contribution in [3.05, 3.63) is 35.5 Å². The Bertz CT molecular complexity index is 516. The van der Waals surface area contributed by atoms with Gasteiger partial charge >= 0.3 is 0 Å². The van der Waals surface area contributed by atoms with E-state index in [1.807, 2.05) is 0 Å². The van der Waals surface area contributed by atoms with E-state index in [0.29, 0.717) is 10.9 Å². The predicted octanol–water partition coefficient (Wildman–Crippen LogP) is 3.31. The highest BCUT2D eigenvalue weighted by Crippen LogP contribution is 2.29. The van der Waals surface area contributed by atoms with Crippen molar-refractivity contribution in [3.63, 3.8) is 0 Å². The van der Waals surface area contributed by atoms with Crippen molar-refractivity contribution in [2.75, 3.05) is 0 Å². The topological polar surface area (TPSA) is 32.9 Å². The largest absolute Gasteiger partial charge is 0.353 e. The maximum Gasteiger partial charge on any atom is 0.278 e. The number of carbonyl (C=O) groups excluding carboxylic acids is 1. The van der Waals surface area contributed by atoms with Crippen molar-refractivity contribution in [1.29, 1.82) is 0 Å². The Balaban J connectivity index is 2.80. The first-order valence-electron chi connectivity index (χ1n) is 4.51. The minimum atomic E-state index is -2.66. The molecule has 0 fully saturated rings. The summed E-state index contributed by atoms with van der Waals surface area (Å²) in [6.07, 6.45) is -2.66. The zero-order valence-electron chi connectivity index (χ0n) is 8.05. The zero-order valence-corrected chi connectivity index (χ0v) is 8.05. The second-order valence-electron chi connectivity index (χ2n) is 3.32. The van der Waals surface area contributed by atoms with Crippen LogP contribution < -0.4 is 0 Å². The first kappa shape index (κ1) is 9.83. The maximum absolute atomic E-state index is 12.6. The average Bonchev–Trinajstić information content (AvgIpc) is 2.56. The lowest BCUT2D eigenvalue weighted by Crippen LogP contribution is -1.97. The number of ketones is 1. The monoisotopic (exact) mass is 209 g/mol. The van der Waals surface area contributed by atoms with E-state index in [1.165, 1.54) is 6.92 Å². The molecule has 1 heterocycles. The first-order valence-corrected chi connectivity index (χ1v) is 4.51. The van der Waals surface area contributed by atoms with E-state index >= 15 is 0 Å². The molecule has 0 aliphatic heterocycles. The summed E-state index contributed by atoms with van der Waals surface area (Å²) in [6, 6.07) is 6.79. The van der Waals surface area contributed by atoms with Crippen molar-refractivity contribution in [2.45, 2.75) is 13.3 Å². The predicted molar refractivity (Wildman–Crippen MR) is 53.3 cm³/mol. The molecule has 1 aromatic heterocycles. The van der Waals surface area contributed by atoms with E-state index in [0.717, 1.165) is 0 Å². The van der Waals surface area contributed by atoms with Gasteiger partial charge in [0.2, 0.25) is 0 Å². The van der Waals surface area contributed by atoms with Gasteiger partial charge in [-0.15, -0.1) is 0 Å². The van der Waals surface area contributed by atoms with Gasteiger partial charge in [-0.2, -0.15) is 0 Å². The summed E-state index contributed by atoms with van der Waals surface area (Å²) in [5.74, 6) is -0.345. The van der Waals surface area contributed by atoms with Crippen molar-refractivity contribution in [3.8, 4) is 0 Å². The fourth-order valence-corrected chi connectivity index (χ4v) is 1.71. The highest BCUT2D eigenvalue weighted by molar-refractivity contribution is 6.08. The SMILES string of the molecule is CC(=O)c1c(C(F)F)[nH]c2ccccc12. The first-order chi connectivity index (χ1) is 7.11. The molecular formula is C11H9F2NO. The summed E-state index contributed by atoms with van der Waals surface area (Å²) in [6.45, 7) is 1.29. The van der Waals surface area contributed by atoms with Crippen LogP contribution in [0.15, 0.2) is 24.3 Å². The molecule has 0 saturated carbocycles. The van der Waals surface area contributed by atoms with Crippen molar-refractivity contribution in [1.82, 2.24) is 4.98 Å². The second kappa shape index (κ2) is 3.46. The van der Waals surface area contributed by atoms with E-state index in [1.54, 1.807) is 24.3 Å². The molecule has 0 saturated heterocycles. The number of fused-ring (bicyclic) bond motifs is 1. The number of hydrogen-bond acceptors (Lipinski definition) is 1. The van der Waals surface area contributed by atoms with Crippen molar-refractivity contribution < 1.29 is 13.6 Å². The molecule has 1 aromatic carbocycles. The number of rotatable bonds is 2. The Hall–Kier alpha value is -1.71. The van der Waals surface area contributed by atoms with Crippen LogP contribution in [0.5, 0.6) is 0 Å². The molecule has 78 valence electrons. The normalized spacial score (nSPS) is 11.2. The van der Waals surface area contributed by atoms with Crippen LogP contribution in [-0.2, 0) is 0 Å². The van der Waals surface area contributed by atoms with E-state index in [9.17, 15) is 13.6 Å². The molecule has 2 rings (SSSR count). The number of aromatic nitrogens is 1. The molecule has 0 bridgehead atoms. The number of benzene rings is 1. The van der Waals surface area contributed by atoms with Gasteiger partial charge in [-0.05, 0) is 13.0 Å². The Morgan fingerprint density at radius 1 is 1.33 bits per heavy atom. The third-order valence-electron chi connectivity index (χ3n) is 2.31. The number of H-pyrrole nitrogens is 1. The van der Waals surface area contributed by atoms with Gasteiger partial charge in [-0.1, -0.05) is 18.2 Å². The molecule has 0 aliphatic carbocycles. The number of halogens is 2. The Labute approximate surface area is 84.9 Å². The molecular weight excluding hydrogens is 200 g/mol. The standard InChI is InChI=1S/C11H9F2NO/c1-6(15)9-7-4-2-3-5-8(7)14-10(9)11(12)13/h2-5,11,14H,1H3. The Morgan fingerprint density at radius 2 is 2.00 bits per heavy atom. The van der Waals surface area contributed by atoms with Crippen LogP contribution in [-0.4, -0.2) is 10.8 Å². The molecule has 0 atom stereocenters. The Morgan fingerprint density at radius 3 is 2.60 bits per heavy atom. The summed E-state index contributed by atoms with van der Waals surface area (Å²) in [7, 11) is 0. The molecule has 0 radical (unpaired) electrons. The van der Waals surface area contributed by atoms with Crippen LogP contribution in [0.4, 0.5) is 8.78 Å². The molecule has 2 nitrogen and oxygen atoms in total. The summed E-state index contributed by atoms with van der Waals surface area (Å²) in [5.41, 5.74) is 0.377. The number of hydrogen-bond donors (Lipinski definition) is 1. The van der Waals surface area contributed by atoms with Crippen LogP contribution in [0.3, 0.4) is 0 Å². The lowest BCUT2D eigenvalue weighted by Gasteiger charge is -1.98. The Kier molecular flexibility index (Phi) is 2.26. The minimum absolute atomic E-state index is 0.0978. The minimum Gasteiger partial charge on any atom is -0.353 e. The van der Waals surface area contributed by atoms with Crippen LogP contribution in [0.2, 0.25) is 0 Å². The molecule has 0 amide bonds. The molecule has 1 N–H and O–H groups in total. The lowest BCUT2D eigenvalue weighted by molar-refractivity contribution is 0.0999. The molecule has 0 aliphatic rings. The van der Waals surface area contributed by atoms with Gasteiger partial charge < -0.3 is 4.98 Å². The van der Waals surface area contributed by atoms with Crippen LogP contribution in [0.1, 0.15) is 29.4 Å². The summed E-state index contributed by atoms with van der Waals surface area (Å²) >= 11 is 0. The van der Waals surface area contributed by atoms with Gasteiger partial charge in [0.15, 0.2) is 5.78 Å². The molecule has 2 aromatic rings. The average molecular weight is 209 g/mol. The van der Waals surface area contributed by atoms with E-state index in [4.69, 9.17) is 0 Å². The van der Waals surface area contributed by atoms with E-state index in [-0.39, 0.29) is 17.0 Å². The van der Waals surface area contributed by atoms with Crippen molar-refractivity contribution in [2.24, 2.45) is 0 Å². The van der Waals surface area contributed by atoms with Crippen LogP contribution in [0.25, 0.3) is 10.9 Å². The van der Waals surface area contributed by atoms with Gasteiger partial charge in [0.1, 0.15) is 0 Å². The third-order valence-corrected chi connectivity index (χ3v) is 2.31. The summed E-state index contributed by atoms with van der Waals surface area (Å²) < 4.78 is 25.3. The number of aromatic amines is 1. The van der Waals surface area contributed by atoms with Crippen LogP contribution in [0, 0.1) is 0 Å². The number of nitrogens with one attached hydrogen (secondary N) is 1. The number of Topliss-reactive ketones (excluding diaryl/α,β-unsaturated/α-hetero) is 1. The van der Waals surface area contributed by atoms with Gasteiger partial charge in [0.05, 0.1) is 11.3 Å². The second-order valence-corrected chi connectivity index (χ2v) is 3.32. The van der Waals surface area contributed by atoms with E-state index in [2.05, 4.69) is 4.98 Å². The molecule has 0 spiro atoms. The maximum atomic E-state index is 12.6. The number of carbonyl (C=O) groups is 1. The third kappa shape index (κ3) is 1.52. The fourth-order valence-electron chi connectivity index (χ4n) is 1.71. The van der Waals surface area contributed by atoms with Crippen LogP contribution >= 0.6 is 0 Å². The summed E-state index contributed by atoms with van der Waals surface area (Å²) in [4.78, 5) is 13.9. The molecule has 15 heavy (non-hydrogen) atoms. The smallest absolute Gasteiger partial charge is 0.278 e. The fraction of sp³-hybridized carbons (Fsp3) is 0.182. The molecule has 4 heteroatoms. The highest BCUT2D eigenvalue weighted by Gasteiger charge is 2.21. The van der Waals surface area contributed by atoms with Gasteiger partial charge in [-0.3, -0.25) is 4.79 Å². The van der Waals surface area contributed by atoms with E-state index < -0.39 is 6.43 Å². The van der Waals surface area contributed by atoms with Crippen molar-refractivity contribution >= 4 is 16.7 Å². The molecule has 0 unspecified atom stereocenters. The van der Waals surface area contributed by atoms with Gasteiger partial charge in [0, 0.05) is 10.9 Å². The summed E-state index contributed by atoms with van der Waals surface area (Å²) in [5, 5.41) is 0.556. The highest BCUT2D eigenvalue weighted by atomic mass is 19.3. The zero-order chi connectivity index (χ0) is 11.0. The quantitative estimate of drug-likeness (QED) is 0.756. The van der Waals surface area contributed by atoms with Gasteiger partial charge in [-0.25, -0.2) is 8.78 Å². The number of para-hydroxylation sites is 1. The van der Waals surface area contributed by atoms with Gasteiger partial charge in [0.25, 0.3) is 6.43 Å².